The Labute approximate surface area is 135 Å². The van der Waals surface area contributed by atoms with Gasteiger partial charge in [0.05, 0.1) is 0 Å². The van der Waals surface area contributed by atoms with Crippen LogP contribution in [-0.2, 0) is 0 Å². The minimum atomic E-state index is 1.01. The molecule has 0 nitrogen and oxygen atoms in total. The van der Waals surface area contributed by atoms with Crippen molar-refractivity contribution in [1.82, 2.24) is 0 Å². The van der Waals surface area contributed by atoms with Crippen LogP contribution in [-0.4, -0.2) is 0 Å². The second-order valence-corrected chi connectivity index (χ2v) is 10.4. The zero-order chi connectivity index (χ0) is 14.0. The summed E-state index contributed by atoms with van der Waals surface area (Å²) in [7, 11) is 0. The van der Waals surface area contributed by atoms with Gasteiger partial charge < -0.3 is 0 Å². The zero-order valence-corrected chi connectivity index (χ0v) is 13.7. The lowest BCUT2D eigenvalue weighted by Crippen LogP contribution is -2.48. The zero-order valence-electron chi connectivity index (χ0n) is 13.7. The first-order valence-electron chi connectivity index (χ1n) is 10.6. The van der Waals surface area contributed by atoms with Crippen LogP contribution < -0.4 is 0 Å². The summed E-state index contributed by atoms with van der Waals surface area (Å²) >= 11 is 0. The molecule has 118 valence electrons. The van der Waals surface area contributed by atoms with Gasteiger partial charge in [0.2, 0.25) is 0 Å². The first-order valence-corrected chi connectivity index (χ1v) is 10.6. The summed E-state index contributed by atoms with van der Waals surface area (Å²) in [4.78, 5) is 0. The van der Waals surface area contributed by atoms with E-state index in [2.05, 4.69) is 12.2 Å². The summed E-state index contributed by atoms with van der Waals surface area (Å²) < 4.78 is 0. The molecule has 0 heteroatoms. The Kier molecular flexibility index (Phi) is 2.13. The van der Waals surface area contributed by atoms with Crippen LogP contribution >= 0.6 is 0 Å². The second kappa shape index (κ2) is 3.86. The molecule has 0 saturated heterocycles. The third-order valence-electron chi connectivity index (χ3n) is 10.3. The molecule has 0 heterocycles. The van der Waals surface area contributed by atoms with Gasteiger partial charge in [-0.1, -0.05) is 12.2 Å². The van der Waals surface area contributed by atoms with Crippen LogP contribution in [0.25, 0.3) is 0 Å². The molecule has 22 heavy (non-hydrogen) atoms. The number of hydrogen-bond donors (Lipinski definition) is 0. The van der Waals surface area contributed by atoms with Crippen molar-refractivity contribution in [2.24, 2.45) is 71.0 Å². The van der Waals surface area contributed by atoms with E-state index in [4.69, 9.17) is 0 Å². The second-order valence-electron chi connectivity index (χ2n) is 10.4. The van der Waals surface area contributed by atoms with Crippen LogP contribution in [0.3, 0.4) is 0 Å². The van der Waals surface area contributed by atoms with Crippen LogP contribution in [0.1, 0.15) is 51.4 Å². The maximum Gasteiger partial charge on any atom is -0.0194 e. The normalized spacial score (nSPS) is 69.1. The molecule has 0 aliphatic heterocycles. The Morgan fingerprint density at radius 3 is 1.32 bits per heavy atom. The highest BCUT2D eigenvalue weighted by atomic mass is 14.7. The molecular formula is C22H30. The monoisotopic (exact) mass is 294 g/mol. The molecule has 10 atom stereocenters. The lowest BCUT2D eigenvalue weighted by molar-refractivity contribution is -0.0489. The van der Waals surface area contributed by atoms with Gasteiger partial charge in [-0.15, -0.1) is 0 Å². The molecular weight excluding hydrogens is 264 g/mol. The number of rotatable bonds is 0. The molecule has 6 fully saturated rings. The van der Waals surface area contributed by atoms with E-state index in [0.29, 0.717) is 0 Å². The maximum absolute atomic E-state index is 2.70. The molecule has 0 spiro atoms. The van der Waals surface area contributed by atoms with Crippen LogP contribution in [0, 0.1) is 71.0 Å². The van der Waals surface area contributed by atoms with Gasteiger partial charge >= 0.3 is 0 Å². The summed E-state index contributed by atoms with van der Waals surface area (Å²) in [5.41, 5.74) is 0. The average molecular weight is 294 g/mol. The number of allylic oxidation sites excluding steroid dienone is 2. The van der Waals surface area contributed by atoms with Crippen molar-refractivity contribution in [3.05, 3.63) is 12.2 Å². The summed E-state index contributed by atoms with van der Waals surface area (Å²) in [6, 6.07) is 0. The highest BCUT2D eigenvalue weighted by Gasteiger charge is 2.68. The van der Waals surface area contributed by atoms with Crippen LogP contribution in [0.15, 0.2) is 12.2 Å². The van der Waals surface area contributed by atoms with Crippen molar-refractivity contribution >= 4 is 0 Å². The highest BCUT2D eigenvalue weighted by Crippen LogP contribution is 2.74. The molecule has 0 N–H and O–H groups in total. The van der Waals surface area contributed by atoms with Crippen LogP contribution in [0.5, 0.6) is 0 Å². The van der Waals surface area contributed by atoms with Crippen molar-refractivity contribution in [2.75, 3.05) is 0 Å². The summed E-state index contributed by atoms with van der Waals surface area (Å²) in [6.07, 6.45) is 18.3. The first kappa shape index (κ1) is 12.2. The molecule has 10 unspecified atom stereocenters. The van der Waals surface area contributed by atoms with E-state index in [0.717, 1.165) is 41.4 Å². The van der Waals surface area contributed by atoms with E-state index >= 15 is 0 Å². The SMILES string of the molecule is C1=CC2CC3CCC4CCC5CCC6CC1C2C1C6C5C4C31. The Bertz CT molecular complexity index is 500. The minimum absolute atomic E-state index is 1.01. The van der Waals surface area contributed by atoms with Crippen molar-refractivity contribution in [3.63, 3.8) is 0 Å². The lowest BCUT2D eigenvalue weighted by atomic mass is 9.51. The molecule has 0 aromatic rings. The molecule has 0 aromatic heterocycles. The Balaban J connectivity index is 1.44. The van der Waals surface area contributed by atoms with Gasteiger partial charge in [-0.05, 0) is 122 Å². The van der Waals surface area contributed by atoms with E-state index in [9.17, 15) is 0 Å². The molecule has 7 aliphatic rings. The van der Waals surface area contributed by atoms with Crippen molar-refractivity contribution in [3.8, 4) is 0 Å². The average Bonchev–Trinajstić information content (AvgIpc) is 3.12. The van der Waals surface area contributed by atoms with Gasteiger partial charge in [-0.25, -0.2) is 0 Å². The van der Waals surface area contributed by atoms with E-state index in [1.165, 1.54) is 29.6 Å². The van der Waals surface area contributed by atoms with Gasteiger partial charge in [0.15, 0.2) is 0 Å². The molecule has 6 saturated carbocycles. The largest absolute Gasteiger partial charge is 0.0848 e. The molecule has 0 aromatic carbocycles. The van der Waals surface area contributed by atoms with E-state index < -0.39 is 0 Å². The maximum atomic E-state index is 2.70. The topological polar surface area (TPSA) is 0 Å². The first-order chi connectivity index (χ1) is 10.9. The van der Waals surface area contributed by atoms with Gasteiger partial charge in [0.25, 0.3) is 0 Å². The van der Waals surface area contributed by atoms with E-state index in [1.54, 1.807) is 51.4 Å². The Morgan fingerprint density at radius 2 is 0.818 bits per heavy atom. The van der Waals surface area contributed by atoms with Gasteiger partial charge in [0, 0.05) is 0 Å². The quantitative estimate of drug-likeness (QED) is 0.542. The summed E-state index contributed by atoms with van der Waals surface area (Å²) in [5, 5.41) is 0. The molecule has 0 amide bonds. The Hall–Kier alpha value is -0.260. The summed E-state index contributed by atoms with van der Waals surface area (Å²) in [6.45, 7) is 0. The molecule has 7 rings (SSSR count). The fourth-order valence-corrected chi connectivity index (χ4v) is 10.2. The standard InChI is InChI=1S/C22H30/c1-2-12-4-6-16-10-14-8-7-13-9-15-5-3-11(1)18-19(12)21(16)22(17(13)14)20(15)18/h7-8,11-22H,1-6,9-10H2. The van der Waals surface area contributed by atoms with E-state index in [1.807, 2.05) is 0 Å². The van der Waals surface area contributed by atoms with Crippen molar-refractivity contribution in [1.29, 1.82) is 0 Å². The van der Waals surface area contributed by atoms with Crippen LogP contribution in [0.4, 0.5) is 0 Å². The lowest BCUT2D eigenvalue weighted by Gasteiger charge is -2.54. The third kappa shape index (κ3) is 1.21. The highest BCUT2D eigenvalue weighted by molar-refractivity contribution is 5.22. The predicted molar refractivity (Wildman–Crippen MR) is 88.0 cm³/mol. The van der Waals surface area contributed by atoms with Crippen molar-refractivity contribution in [2.45, 2.75) is 51.4 Å². The summed E-state index contributed by atoms with van der Waals surface area (Å²) in [5.74, 6) is 13.7. The fraction of sp³-hybridized carbons (Fsp3) is 0.909. The smallest absolute Gasteiger partial charge is 0.0194 e. The minimum Gasteiger partial charge on any atom is -0.0848 e. The molecule has 7 aliphatic carbocycles. The van der Waals surface area contributed by atoms with Crippen molar-refractivity contribution < 1.29 is 0 Å². The van der Waals surface area contributed by atoms with E-state index in [-0.39, 0.29) is 0 Å². The van der Waals surface area contributed by atoms with Crippen LogP contribution in [0.2, 0.25) is 0 Å². The van der Waals surface area contributed by atoms with Gasteiger partial charge in [-0.2, -0.15) is 0 Å². The Morgan fingerprint density at radius 1 is 0.409 bits per heavy atom. The number of hydrogen-bond acceptors (Lipinski definition) is 0. The molecule has 0 radical (unpaired) electrons. The van der Waals surface area contributed by atoms with Gasteiger partial charge in [-0.3, -0.25) is 0 Å². The fourth-order valence-electron chi connectivity index (χ4n) is 10.2. The molecule has 0 bridgehead atoms. The predicted octanol–water partition coefficient (Wildman–Crippen LogP) is 5.15. The van der Waals surface area contributed by atoms with Gasteiger partial charge in [0.1, 0.15) is 0 Å². The third-order valence-corrected chi connectivity index (χ3v) is 10.3.